The lowest BCUT2D eigenvalue weighted by atomic mass is 9.91. The first-order valence-corrected chi connectivity index (χ1v) is 11.7. The van der Waals surface area contributed by atoms with E-state index in [1.807, 2.05) is 4.90 Å². The van der Waals surface area contributed by atoms with Gasteiger partial charge in [-0.15, -0.1) is 0 Å². The smallest absolute Gasteiger partial charge is 0.284 e. The van der Waals surface area contributed by atoms with Gasteiger partial charge in [-0.25, -0.2) is 4.90 Å². The summed E-state index contributed by atoms with van der Waals surface area (Å²) in [5.74, 6) is -0.0314. The summed E-state index contributed by atoms with van der Waals surface area (Å²) in [6, 6.07) is 4.86. The van der Waals surface area contributed by atoms with Gasteiger partial charge in [0, 0.05) is 59.4 Å². The number of β-amino-alcohol motifs (C(OH)–C–C–N with tert-alkyl or cyclic N) is 1. The van der Waals surface area contributed by atoms with Gasteiger partial charge >= 0.3 is 0 Å². The highest BCUT2D eigenvalue weighted by Gasteiger charge is 2.53. The molecule has 1 aromatic carbocycles. The van der Waals surface area contributed by atoms with Gasteiger partial charge in [-0.2, -0.15) is 0 Å². The van der Waals surface area contributed by atoms with Gasteiger partial charge in [0.15, 0.2) is 0 Å². The maximum absolute atomic E-state index is 13.9. The minimum atomic E-state index is -0.660. The molecule has 0 spiro atoms. The monoisotopic (exact) mass is 461 g/mol. The fourth-order valence-corrected chi connectivity index (χ4v) is 5.21. The van der Waals surface area contributed by atoms with Crippen LogP contribution in [0.1, 0.15) is 24.6 Å². The van der Waals surface area contributed by atoms with Crippen LogP contribution in [0.2, 0.25) is 5.02 Å². The molecular formula is C22H30ClN6O3+. The van der Waals surface area contributed by atoms with Crippen LogP contribution in [0, 0.1) is 16.7 Å². The summed E-state index contributed by atoms with van der Waals surface area (Å²) in [7, 11) is 0. The van der Waals surface area contributed by atoms with Crippen molar-refractivity contribution in [3.05, 3.63) is 45.3 Å². The van der Waals surface area contributed by atoms with E-state index in [0.717, 1.165) is 30.7 Å². The molecule has 3 aliphatic heterocycles. The molecule has 172 valence electrons. The van der Waals surface area contributed by atoms with E-state index in [4.69, 9.17) is 17.3 Å². The van der Waals surface area contributed by atoms with Crippen molar-refractivity contribution >= 4 is 23.2 Å². The molecule has 0 bridgehead atoms. The van der Waals surface area contributed by atoms with Crippen molar-refractivity contribution < 1.29 is 14.7 Å². The van der Waals surface area contributed by atoms with Crippen LogP contribution in [-0.4, -0.2) is 71.7 Å². The van der Waals surface area contributed by atoms with E-state index in [2.05, 4.69) is 22.0 Å². The van der Waals surface area contributed by atoms with Crippen LogP contribution < -0.4 is 21.7 Å². The van der Waals surface area contributed by atoms with Crippen LogP contribution in [0.15, 0.2) is 29.8 Å². The Hall–Kier alpha value is -1.88. The average Bonchev–Trinajstić information content (AvgIpc) is 3.37. The third-order valence-electron chi connectivity index (χ3n) is 6.97. The standard InChI is InChI=1S/C22H29ClN6O3/c23-14-3-4-15(18(7-14)27-21(31)12-1-2-12)20-26-9-16(13-5-6-25-8-13)22(29(20)32)28-10-17(24)19(30)11-28/h3-5,7,12,16-17,19-20,22,25-26,30H,1-2,6,8-11,24H2/p+1/t16?,17-,19-,20?,22?/m1/s1. The van der Waals surface area contributed by atoms with Gasteiger partial charge in [0.05, 0.1) is 23.3 Å². The van der Waals surface area contributed by atoms with Crippen LogP contribution in [0.5, 0.6) is 0 Å². The lowest BCUT2D eigenvalue weighted by molar-refractivity contribution is -0.668. The molecule has 1 aliphatic carbocycles. The number of hydrogen-bond acceptors (Lipinski definition) is 7. The summed E-state index contributed by atoms with van der Waals surface area (Å²) < 4.78 is 1.06. The van der Waals surface area contributed by atoms with Crippen molar-refractivity contribution in [1.82, 2.24) is 15.5 Å². The summed E-state index contributed by atoms with van der Waals surface area (Å²) in [6.45, 7) is 2.95. The van der Waals surface area contributed by atoms with Crippen LogP contribution >= 0.6 is 11.6 Å². The number of nitrogens with zero attached hydrogens (tertiary/aromatic N) is 2. The molecule has 6 N–H and O–H groups in total. The molecule has 3 fully saturated rings. The van der Waals surface area contributed by atoms with E-state index in [0.29, 0.717) is 35.9 Å². The molecule has 5 atom stereocenters. The Bertz CT molecular complexity index is 942. The fraction of sp³-hybridized carbons (Fsp3) is 0.591. The first-order valence-electron chi connectivity index (χ1n) is 11.3. The van der Waals surface area contributed by atoms with Crippen molar-refractivity contribution in [2.75, 3.05) is 38.0 Å². The average molecular weight is 462 g/mol. The number of aliphatic hydroxyl groups is 1. The highest BCUT2D eigenvalue weighted by atomic mass is 35.5. The molecule has 0 radical (unpaired) electrons. The fourth-order valence-electron chi connectivity index (χ4n) is 5.04. The van der Waals surface area contributed by atoms with Crippen LogP contribution in [0.4, 0.5) is 5.69 Å². The Kier molecular flexibility index (Phi) is 6.04. The maximum atomic E-state index is 13.9. The largest absolute Gasteiger partial charge is 0.390 e. The molecule has 10 heteroatoms. The predicted octanol–water partition coefficient (Wildman–Crippen LogP) is 0.545. The molecule has 9 nitrogen and oxygen atoms in total. The number of nitrogens with two attached hydrogens (primary N) is 1. The molecule has 3 heterocycles. The molecule has 3 unspecified atom stereocenters. The number of aliphatic hydroxyl groups excluding tert-OH is 1. The highest BCUT2D eigenvalue weighted by Crippen LogP contribution is 2.37. The van der Waals surface area contributed by atoms with Crippen LogP contribution in [0.25, 0.3) is 0 Å². The van der Waals surface area contributed by atoms with E-state index in [9.17, 15) is 14.8 Å². The minimum absolute atomic E-state index is 0.0342. The van der Waals surface area contributed by atoms with E-state index in [1.165, 1.54) is 5.57 Å². The Morgan fingerprint density at radius 3 is 2.78 bits per heavy atom. The number of benzene rings is 1. The molecule has 1 saturated carbocycles. The van der Waals surface area contributed by atoms with Crippen molar-refractivity contribution in [1.29, 1.82) is 0 Å². The van der Waals surface area contributed by atoms with E-state index in [-0.39, 0.29) is 23.8 Å². The lowest BCUT2D eigenvalue weighted by Gasteiger charge is -2.35. The number of carbonyl (C=O) groups excluding carboxylic acids is 1. The van der Waals surface area contributed by atoms with Crippen molar-refractivity contribution in [3.63, 3.8) is 0 Å². The molecule has 4 aliphatic rings. The van der Waals surface area contributed by atoms with E-state index in [1.54, 1.807) is 18.2 Å². The van der Waals surface area contributed by atoms with Gasteiger partial charge in [-0.3, -0.25) is 10.1 Å². The molecule has 5 rings (SSSR count). The van der Waals surface area contributed by atoms with Crippen LogP contribution in [-0.2, 0) is 4.79 Å². The summed E-state index contributed by atoms with van der Waals surface area (Å²) in [6.07, 6.45) is 2.13. The second kappa shape index (κ2) is 8.81. The highest BCUT2D eigenvalue weighted by molar-refractivity contribution is 6.31. The Morgan fingerprint density at radius 2 is 2.12 bits per heavy atom. The molecule has 1 amide bonds. The van der Waals surface area contributed by atoms with Crippen molar-refractivity contribution in [2.45, 2.75) is 37.3 Å². The molecular weight excluding hydrogens is 432 g/mol. The molecule has 2 saturated heterocycles. The maximum Gasteiger partial charge on any atom is 0.284 e. The first-order chi connectivity index (χ1) is 15.4. The number of nitroso groups, excluding NO2 is 1. The number of rotatable bonds is 5. The summed E-state index contributed by atoms with van der Waals surface area (Å²) in [4.78, 5) is 28.3. The zero-order chi connectivity index (χ0) is 22.4. The minimum Gasteiger partial charge on any atom is -0.390 e. The van der Waals surface area contributed by atoms with Crippen LogP contribution in [0.3, 0.4) is 0 Å². The number of carbonyl (C=O) groups is 1. The zero-order valence-corrected chi connectivity index (χ0v) is 18.6. The van der Waals surface area contributed by atoms with Gasteiger partial charge in [0.2, 0.25) is 5.91 Å². The summed E-state index contributed by atoms with van der Waals surface area (Å²) in [5.41, 5.74) is 8.51. The van der Waals surface area contributed by atoms with Crippen molar-refractivity contribution in [3.8, 4) is 0 Å². The molecule has 32 heavy (non-hydrogen) atoms. The number of anilines is 1. The second-order valence-electron chi connectivity index (χ2n) is 9.28. The number of likely N-dealkylation sites (tertiary alicyclic amines) is 1. The lowest BCUT2D eigenvalue weighted by Crippen LogP contribution is -2.58. The summed E-state index contributed by atoms with van der Waals surface area (Å²) in [5, 5.41) is 20.4. The number of hydrogen-bond donors (Lipinski definition) is 5. The number of nitrogens with one attached hydrogen (secondary N) is 3. The number of halogens is 1. The van der Waals surface area contributed by atoms with Gasteiger partial charge in [-0.1, -0.05) is 17.7 Å². The third-order valence-corrected chi connectivity index (χ3v) is 7.21. The summed E-state index contributed by atoms with van der Waals surface area (Å²) >= 11 is 6.22. The van der Waals surface area contributed by atoms with E-state index < -0.39 is 18.4 Å². The Balaban J connectivity index is 1.46. The molecule has 1 aromatic rings. The number of amides is 1. The van der Waals surface area contributed by atoms with Gasteiger partial charge < -0.3 is 21.5 Å². The SMILES string of the molecule is N[C@@H]1CN(C2C(C3=CCNC3)CNC(c3ccc(Cl)cc3NC(=O)C3CC3)[N+]2=O)C[C@H]1O. The van der Waals surface area contributed by atoms with Gasteiger partial charge in [-0.05, 0) is 36.6 Å². The predicted molar refractivity (Wildman–Crippen MR) is 121 cm³/mol. The zero-order valence-electron chi connectivity index (χ0n) is 17.8. The van der Waals surface area contributed by atoms with Crippen molar-refractivity contribution in [2.24, 2.45) is 17.6 Å². The third kappa shape index (κ3) is 4.21. The van der Waals surface area contributed by atoms with E-state index >= 15 is 0 Å². The normalized spacial score (nSPS) is 33.4. The topological polar surface area (TPSA) is 123 Å². The first kappa shape index (κ1) is 21.9. The molecule has 0 aromatic heterocycles. The van der Waals surface area contributed by atoms with Gasteiger partial charge in [0.25, 0.3) is 12.3 Å². The second-order valence-corrected chi connectivity index (χ2v) is 9.72. The van der Waals surface area contributed by atoms with Gasteiger partial charge in [0.1, 0.15) is 0 Å². The quantitative estimate of drug-likeness (QED) is 0.320. The Morgan fingerprint density at radius 1 is 1.31 bits per heavy atom. The Labute approximate surface area is 191 Å².